The van der Waals surface area contributed by atoms with Crippen LogP contribution in [0.25, 0.3) is 0 Å². The monoisotopic (exact) mass is 392 g/mol. The highest BCUT2D eigenvalue weighted by molar-refractivity contribution is 8.26. The van der Waals surface area contributed by atoms with E-state index in [1.807, 2.05) is 0 Å². The number of thiocarbonyl (C=S) groups is 1. The first-order chi connectivity index (χ1) is 11.6. The van der Waals surface area contributed by atoms with Gasteiger partial charge in [0, 0.05) is 18.8 Å². The number of amides is 2. The van der Waals surface area contributed by atoms with Gasteiger partial charge in [0.2, 0.25) is 5.91 Å². The highest BCUT2D eigenvalue weighted by Crippen LogP contribution is 2.35. The van der Waals surface area contributed by atoms with Gasteiger partial charge < -0.3 is 0 Å². The summed E-state index contributed by atoms with van der Waals surface area (Å²) in [6.45, 7) is -0.257. The van der Waals surface area contributed by atoms with Crippen LogP contribution in [-0.2, 0) is 9.59 Å². The van der Waals surface area contributed by atoms with E-state index in [0.717, 1.165) is 11.1 Å². The first-order valence-electron chi connectivity index (χ1n) is 6.90. The molecule has 0 unspecified atom stereocenters. The van der Waals surface area contributed by atoms with Crippen molar-refractivity contribution in [3.05, 3.63) is 41.4 Å². The molecule has 1 aromatic carbocycles. The molecule has 0 saturated carbocycles. The van der Waals surface area contributed by atoms with Gasteiger partial charge in [0.25, 0.3) is 5.91 Å². The maximum atomic E-state index is 13.2. The van der Waals surface area contributed by atoms with Crippen molar-refractivity contribution in [1.29, 1.82) is 0 Å². The Balaban J connectivity index is 2.28. The number of benzene rings is 1. The predicted molar refractivity (Wildman–Crippen MR) is 90.5 cm³/mol. The lowest BCUT2D eigenvalue weighted by molar-refractivity contribution is -0.146. The quantitative estimate of drug-likeness (QED) is 0.436. The SMILES string of the molecule is CC(=O)N(/C=C1\SC(=S)N(CC(F)(F)C(F)F)C1=O)c1ccccc1. The first kappa shape index (κ1) is 19.4. The molecule has 25 heavy (non-hydrogen) atoms. The smallest absolute Gasteiger partial charge is 0.287 e. The lowest BCUT2D eigenvalue weighted by Crippen LogP contribution is -2.43. The topological polar surface area (TPSA) is 40.6 Å². The van der Waals surface area contributed by atoms with Gasteiger partial charge in [0.05, 0.1) is 11.4 Å². The molecule has 0 bridgehead atoms. The number of nitrogens with zero attached hydrogens (tertiary/aromatic N) is 2. The summed E-state index contributed by atoms with van der Waals surface area (Å²) in [4.78, 5) is 25.5. The summed E-state index contributed by atoms with van der Waals surface area (Å²) in [5, 5.41) is 0. The van der Waals surface area contributed by atoms with Crippen molar-refractivity contribution in [3.8, 4) is 0 Å². The number of hydrogen-bond donors (Lipinski definition) is 0. The van der Waals surface area contributed by atoms with Gasteiger partial charge in [0.1, 0.15) is 4.32 Å². The molecule has 2 rings (SSSR count). The average molecular weight is 392 g/mol. The standard InChI is InChI=1S/C15H12F4N2O2S2/c1-9(22)20(10-5-3-2-4-6-10)7-11-12(23)21(14(24)25-11)8-15(18,19)13(16)17/h2-7,13H,8H2,1H3/b11-7-. The minimum Gasteiger partial charge on any atom is -0.287 e. The van der Waals surface area contributed by atoms with Crippen molar-refractivity contribution in [3.63, 3.8) is 0 Å². The fourth-order valence-corrected chi connectivity index (χ4v) is 3.18. The zero-order chi connectivity index (χ0) is 18.8. The highest BCUT2D eigenvalue weighted by Gasteiger charge is 2.47. The fraction of sp³-hybridized carbons (Fsp3) is 0.267. The van der Waals surface area contributed by atoms with E-state index in [-0.39, 0.29) is 9.23 Å². The molecule has 1 aromatic rings. The minimum absolute atomic E-state index is 0.103. The molecule has 0 spiro atoms. The van der Waals surface area contributed by atoms with Crippen LogP contribution in [0.4, 0.5) is 23.2 Å². The second kappa shape index (κ2) is 7.52. The van der Waals surface area contributed by atoms with E-state index in [9.17, 15) is 27.2 Å². The van der Waals surface area contributed by atoms with Crippen molar-refractivity contribution < 1.29 is 27.2 Å². The number of halogens is 4. The molecule has 0 N–H and O–H groups in total. The Morgan fingerprint density at radius 2 is 1.96 bits per heavy atom. The predicted octanol–water partition coefficient (Wildman–Crippen LogP) is 3.64. The first-order valence-corrected chi connectivity index (χ1v) is 8.12. The zero-order valence-corrected chi connectivity index (χ0v) is 14.4. The van der Waals surface area contributed by atoms with Crippen molar-refractivity contribution in [2.24, 2.45) is 0 Å². The van der Waals surface area contributed by atoms with Crippen LogP contribution in [0.5, 0.6) is 0 Å². The largest absolute Gasteiger partial charge is 0.325 e. The fourth-order valence-electron chi connectivity index (χ4n) is 1.96. The molecule has 1 fully saturated rings. The Bertz CT molecular complexity index is 726. The van der Waals surface area contributed by atoms with Gasteiger partial charge in [-0.25, -0.2) is 8.78 Å². The minimum atomic E-state index is -4.38. The molecule has 1 aliphatic heterocycles. The van der Waals surface area contributed by atoms with Gasteiger partial charge in [-0.3, -0.25) is 19.4 Å². The lowest BCUT2D eigenvalue weighted by Gasteiger charge is -2.22. The third kappa shape index (κ3) is 4.37. The van der Waals surface area contributed by atoms with Crippen LogP contribution in [0.1, 0.15) is 6.92 Å². The Morgan fingerprint density at radius 3 is 2.48 bits per heavy atom. The third-order valence-electron chi connectivity index (χ3n) is 3.18. The number of hydrogen-bond acceptors (Lipinski definition) is 4. The van der Waals surface area contributed by atoms with E-state index >= 15 is 0 Å². The van der Waals surface area contributed by atoms with Crippen molar-refractivity contribution in [2.75, 3.05) is 11.4 Å². The molecule has 10 heteroatoms. The maximum absolute atomic E-state index is 13.2. The Kier molecular flexibility index (Phi) is 5.83. The molecule has 2 amide bonds. The molecule has 0 aromatic heterocycles. The summed E-state index contributed by atoms with van der Waals surface area (Å²) >= 11 is 5.50. The molecule has 0 aliphatic carbocycles. The second-order valence-corrected chi connectivity index (χ2v) is 6.71. The molecule has 1 saturated heterocycles. The summed E-state index contributed by atoms with van der Waals surface area (Å²) < 4.78 is 50.9. The van der Waals surface area contributed by atoms with Gasteiger partial charge >= 0.3 is 12.3 Å². The van der Waals surface area contributed by atoms with E-state index in [1.165, 1.54) is 6.92 Å². The number of thioether (sulfide) groups is 1. The Morgan fingerprint density at radius 1 is 1.36 bits per heavy atom. The normalized spacial score (nSPS) is 16.9. The summed E-state index contributed by atoms with van der Waals surface area (Å²) in [6.07, 6.45) is -2.75. The number of carbonyl (C=O) groups is 2. The molecular formula is C15H12F4N2O2S2. The summed E-state index contributed by atoms with van der Waals surface area (Å²) in [6, 6.07) is 8.31. The van der Waals surface area contributed by atoms with Gasteiger partial charge in [0.15, 0.2) is 0 Å². The number of carbonyl (C=O) groups excluding carboxylic acids is 2. The van der Waals surface area contributed by atoms with Gasteiger partial charge in [-0.2, -0.15) is 8.78 Å². The van der Waals surface area contributed by atoms with Gasteiger partial charge in [-0.15, -0.1) is 0 Å². The number of rotatable bonds is 5. The van der Waals surface area contributed by atoms with Crippen LogP contribution in [0, 0.1) is 0 Å². The summed E-state index contributed by atoms with van der Waals surface area (Å²) in [5.41, 5.74) is 0.457. The van der Waals surface area contributed by atoms with E-state index < -0.39 is 30.7 Å². The Labute approximate surface area is 150 Å². The van der Waals surface area contributed by atoms with Crippen LogP contribution in [0.2, 0.25) is 0 Å². The van der Waals surface area contributed by atoms with Crippen molar-refractivity contribution in [2.45, 2.75) is 19.3 Å². The molecular weight excluding hydrogens is 380 g/mol. The lowest BCUT2D eigenvalue weighted by atomic mass is 10.3. The average Bonchev–Trinajstić information content (AvgIpc) is 2.80. The van der Waals surface area contributed by atoms with Crippen LogP contribution < -0.4 is 4.90 Å². The Hall–Kier alpha value is -1.94. The maximum Gasteiger partial charge on any atom is 0.325 e. The molecule has 0 atom stereocenters. The number of alkyl halides is 4. The third-order valence-corrected chi connectivity index (χ3v) is 4.55. The van der Waals surface area contributed by atoms with E-state index in [4.69, 9.17) is 12.2 Å². The van der Waals surface area contributed by atoms with E-state index in [1.54, 1.807) is 30.3 Å². The van der Waals surface area contributed by atoms with Gasteiger partial charge in [-0.05, 0) is 12.1 Å². The summed E-state index contributed by atoms with van der Waals surface area (Å²) in [7, 11) is 0. The molecule has 1 heterocycles. The number of anilines is 1. The molecule has 134 valence electrons. The van der Waals surface area contributed by atoms with E-state index in [0.29, 0.717) is 22.3 Å². The molecule has 1 aliphatic rings. The zero-order valence-electron chi connectivity index (χ0n) is 12.8. The highest BCUT2D eigenvalue weighted by atomic mass is 32.2. The van der Waals surface area contributed by atoms with Crippen LogP contribution in [0.15, 0.2) is 41.4 Å². The van der Waals surface area contributed by atoms with Crippen LogP contribution in [-0.4, -0.2) is 39.9 Å². The van der Waals surface area contributed by atoms with Gasteiger partial charge in [-0.1, -0.05) is 42.2 Å². The van der Waals surface area contributed by atoms with Crippen molar-refractivity contribution in [1.82, 2.24) is 4.90 Å². The second-order valence-electron chi connectivity index (χ2n) is 5.04. The van der Waals surface area contributed by atoms with Crippen molar-refractivity contribution >= 4 is 45.8 Å². The van der Waals surface area contributed by atoms with E-state index in [2.05, 4.69) is 0 Å². The van der Waals surface area contributed by atoms with Crippen LogP contribution in [0.3, 0.4) is 0 Å². The van der Waals surface area contributed by atoms with Crippen LogP contribution >= 0.6 is 24.0 Å². The molecule has 0 radical (unpaired) electrons. The molecule has 4 nitrogen and oxygen atoms in total. The summed E-state index contributed by atoms with van der Waals surface area (Å²) in [5.74, 6) is -5.75. The number of para-hydroxylation sites is 1.